The zero-order valence-corrected chi connectivity index (χ0v) is 8.72. The van der Waals surface area contributed by atoms with E-state index in [0.29, 0.717) is 12.5 Å². The van der Waals surface area contributed by atoms with Gasteiger partial charge in [-0.2, -0.15) is 0 Å². The average Bonchev–Trinajstić information content (AvgIpc) is 2.99. The Morgan fingerprint density at radius 3 is 2.50 bits per heavy atom. The molecule has 3 N–H and O–H groups in total. The van der Waals surface area contributed by atoms with Crippen LogP contribution in [-0.4, -0.2) is 18.0 Å². The Morgan fingerprint density at radius 2 is 1.93 bits per heavy atom. The van der Waals surface area contributed by atoms with Gasteiger partial charge in [0, 0.05) is 18.0 Å². The lowest BCUT2D eigenvalue weighted by molar-refractivity contribution is -0.122. The maximum absolute atomic E-state index is 11.4. The first-order valence-corrected chi connectivity index (χ1v) is 5.76. The van der Waals surface area contributed by atoms with Gasteiger partial charge in [-0.15, -0.1) is 0 Å². The Labute approximate surface area is 85.4 Å². The highest BCUT2D eigenvalue weighted by Gasteiger charge is 2.32. The van der Waals surface area contributed by atoms with E-state index in [2.05, 4.69) is 5.32 Å². The minimum absolute atomic E-state index is 0.108. The molecule has 0 aromatic heterocycles. The summed E-state index contributed by atoms with van der Waals surface area (Å²) in [7, 11) is 0. The summed E-state index contributed by atoms with van der Waals surface area (Å²) in [6.45, 7) is 0.683. The third-order valence-electron chi connectivity index (χ3n) is 3.41. The van der Waals surface area contributed by atoms with Crippen molar-refractivity contribution < 1.29 is 4.79 Å². The van der Waals surface area contributed by atoms with E-state index in [0.717, 1.165) is 25.7 Å². The molecule has 0 heterocycles. The Balaban J connectivity index is 1.74. The summed E-state index contributed by atoms with van der Waals surface area (Å²) in [4.78, 5) is 11.4. The summed E-state index contributed by atoms with van der Waals surface area (Å²) in [6, 6.07) is 0. The van der Waals surface area contributed by atoms with Crippen LogP contribution in [0.15, 0.2) is 0 Å². The monoisotopic (exact) mass is 196 g/mol. The summed E-state index contributed by atoms with van der Waals surface area (Å²) in [5.74, 6) is 0.530. The standard InChI is InChI=1S/C11H20N2O/c12-11(6-2-1-3-7-11)8-13-10(14)9-4-5-9/h9H,1-8,12H2,(H,13,14). The van der Waals surface area contributed by atoms with Crippen LogP contribution in [0.25, 0.3) is 0 Å². The zero-order valence-electron chi connectivity index (χ0n) is 8.72. The van der Waals surface area contributed by atoms with Gasteiger partial charge in [0.2, 0.25) is 5.91 Å². The maximum atomic E-state index is 11.4. The molecule has 3 nitrogen and oxygen atoms in total. The zero-order chi connectivity index (χ0) is 10.0. The van der Waals surface area contributed by atoms with Crippen LogP contribution in [-0.2, 0) is 4.79 Å². The molecule has 3 heteroatoms. The first-order valence-electron chi connectivity index (χ1n) is 5.76. The van der Waals surface area contributed by atoms with Crippen LogP contribution < -0.4 is 11.1 Å². The SMILES string of the molecule is NC1(CNC(=O)C2CC2)CCCCC1. The molecule has 0 spiro atoms. The fourth-order valence-electron chi connectivity index (χ4n) is 2.19. The van der Waals surface area contributed by atoms with Crippen molar-refractivity contribution in [2.75, 3.05) is 6.54 Å². The number of amides is 1. The van der Waals surface area contributed by atoms with Gasteiger partial charge < -0.3 is 11.1 Å². The van der Waals surface area contributed by atoms with Crippen molar-refractivity contribution in [2.45, 2.75) is 50.5 Å². The van der Waals surface area contributed by atoms with Crippen molar-refractivity contribution in [2.24, 2.45) is 11.7 Å². The Morgan fingerprint density at radius 1 is 1.29 bits per heavy atom. The largest absolute Gasteiger partial charge is 0.354 e. The van der Waals surface area contributed by atoms with E-state index in [1.54, 1.807) is 0 Å². The molecule has 0 saturated heterocycles. The van der Waals surface area contributed by atoms with Crippen LogP contribution in [0.1, 0.15) is 44.9 Å². The molecule has 80 valence electrons. The second-order valence-corrected chi connectivity index (χ2v) is 4.92. The predicted octanol–water partition coefficient (Wildman–Crippen LogP) is 1.17. The van der Waals surface area contributed by atoms with Crippen molar-refractivity contribution in [1.82, 2.24) is 5.32 Å². The lowest BCUT2D eigenvalue weighted by Gasteiger charge is -2.33. The first-order chi connectivity index (χ1) is 6.70. The van der Waals surface area contributed by atoms with Gasteiger partial charge in [0.1, 0.15) is 0 Å². The molecule has 0 atom stereocenters. The maximum Gasteiger partial charge on any atom is 0.223 e. The number of nitrogens with one attached hydrogen (secondary N) is 1. The van der Waals surface area contributed by atoms with Crippen LogP contribution in [0.4, 0.5) is 0 Å². The molecule has 0 aromatic rings. The highest BCUT2D eigenvalue weighted by atomic mass is 16.2. The molecular formula is C11H20N2O. The van der Waals surface area contributed by atoms with E-state index in [1.807, 2.05) is 0 Å². The summed E-state index contributed by atoms with van der Waals surface area (Å²) in [6.07, 6.45) is 8.02. The van der Waals surface area contributed by atoms with Crippen molar-refractivity contribution in [3.05, 3.63) is 0 Å². The van der Waals surface area contributed by atoms with Crippen molar-refractivity contribution in [3.63, 3.8) is 0 Å². The van der Waals surface area contributed by atoms with Gasteiger partial charge in [-0.3, -0.25) is 4.79 Å². The Bertz CT molecular complexity index is 217. The van der Waals surface area contributed by atoms with E-state index in [9.17, 15) is 4.79 Å². The van der Waals surface area contributed by atoms with E-state index in [1.165, 1.54) is 19.3 Å². The van der Waals surface area contributed by atoms with Gasteiger partial charge in [0.05, 0.1) is 0 Å². The molecule has 0 aliphatic heterocycles. The number of carbonyl (C=O) groups excluding carboxylic acids is 1. The third kappa shape index (κ3) is 2.47. The molecule has 2 aliphatic rings. The van der Waals surface area contributed by atoms with Gasteiger partial charge in [-0.1, -0.05) is 19.3 Å². The van der Waals surface area contributed by atoms with Gasteiger partial charge >= 0.3 is 0 Å². The molecule has 1 amide bonds. The molecule has 2 aliphatic carbocycles. The molecule has 0 bridgehead atoms. The summed E-state index contributed by atoms with van der Waals surface area (Å²) in [5, 5.41) is 2.99. The lowest BCUT2D eigenvalue weighted by atomic mass is 9.82. The molecular weight excluding hydrogens is 176 g/mol. The number of nitrogens with two attached hydrogens (primary N) is 1. The number of hydrogen-bond donors (Lipinski definition) is 2. The molecule has 0 radical (unpaired) electrons. The molecule has 0 aromatic carbocycles. The van der Waals surface area contributed by atoms with E-state index < -0.39 is 0 Å². The Hall–Kier alpha value is -0.570. The highest BCUT2D eigenvalue weighted by Crippen LogP contribution is 2.29. The van der Waals surface area contributed by atoms with Crippen LogP contribution in [0, 0.1) is 5.92 Å². The number of carbonyl (C=O) groups is 1. The van der Waals surface area contributed by atoms with Crippen molar-refractivity contribution in [1.29, 1.82) is 0 Å². The van der Waals surface area contributed by atoms with Crippen LogP contribution in [0.5, 0.6) is 0 Å². The van der Waals surface area contributed by atoms with Crippen LogP contribution >= 0.6 is 0 Å². The second-order valence-electron chi connectivity index (χ2n) is 4.92. The van der Waals surface area contributed by atoms with E-state index in [-0.39, 0.29) is 11.4 Å². The molecule has 0 unspecified atom stereocenters. The van der Waals surface area contributed by atoms with Crippen molar-refractivity contribution >= 4 is 5.91 Å². The topological polar surface area (TPSA) is 55.1 Å². The van der Waals surface area contributed by atoms with Gasteiger partial charge in [-0.25, -0.2) is 0 Å². The number of hydrogen-bond acceptors (Lipinski definition) is 2. The smallest absolute Gasteiger partial charge is 0.223 e. The van der Waals surface area contributed by atoms with E-state index in [4.69, 9.17) is 5.73 Å². The highest BCUT2D eigenvalue weighted by molar-refractivity contribution is 5.80. The van der Waals surface area contributed by atoms with Gasteiger partial charge in [0.25, 0.3) is 0 Å². The fraction of sp³-hybridized carbons (Fsp3) is 0.909. The van der Waals surface area contributed by atoms with Gasteiger partial charge in [-0.05, 0) is 25.7 Å². The fourth-order valence-corrected chi connectivity index (χ4v) is 2.19. The van der Waals surface area contributed by atoms with Crippen LogP contribution in [0.3, 0.4) is 0 Å². The van der Waals surface area contributed by atoms with Crippen molar-refractivity contribution in [3.8, 4) is 0 Å². The van der Waals surface area contributed by atoms with E-state index >= 15 is 0 Å². The summed E-state index contributed by atoms with van der Waals surface area (Å²) in [5.41, 5.74) is 6.10. The minimum atomic E-state index is -0.108. The molecule has 14 heavy (non-hydrogen) atoms. The minimum Gasteiger partial charge on any atom is -0.354 e. The van der Waals surface area contributed by atoms with Crippen LogP contribution in [0.2, 0.25) is 0 Å². The first kappa shape index (κ1) is 9.97. The summed E-state index contributed by atoms with van der Waals surface area (Å²) >= 11 is 0. The lowest BCUT2D eigenvalue weighted by Crippen LogP contribution is -2.51. The van der Waals surface area contributed by atoms with Gasteiger partial charge in [0.15, 0.2) is 0 Å². The summed E-state index contributed by atoms with van der Waals surface area (Å²) < 4.78 is 0. The third-order valence-corrected chi connectivity index (χ3v) is 3.41. The molecule has 2 fully saturated rings. The average molecular weight is 196 g/mol. The predicted molar refractivity (Wildman–Crippen MR) is 55.7 cm³/mol. The Kier molecular flexibility index (Phi) is 2.77. The molecule has 2 saturated carbocycles. The molecule has 2 rings (SSSR count). The quantitative estimate of drug-likeness (QED) is 0.712. The number of rotatable bonds is 3. The normalized spacial score (nSPS) is 25.8. The second kappa shape index (κ2) is 3.89.